The molecule has 1 fully saturated rings. The maximum atomic E-state index is 15.9. The first-order chi connectivity index (χ1) is 21.2. The summed E-state index contributed by atoms with van der Waals surface area (Å²) in [5, 5.41) is 12.3. The van der Waals surface area contributed by atoms with Crippen molar-refractivity contribution in [1.82, 2.24) is 19.9 Å². The molecule has 45 heavy (non-hydrogen) atoms. The fraction of sp³-hybridized carbons (Fsp3) is 0.273. The first-order valence-corrected chi connectivity index (χ1v) is 15.3. The predicted octanol–water partition coefficient (Wildman–Crippen LogP) is 8.23. The Labute approximate surface area is 268 Å². The lowest BCUT2D eigenvalue weighted by molar-refractivity contribution is 0.0696. The second kappa shape index (κ2) is 13.3. The predicted molar refractivity (Wildman–Crippen MR) is 171 cm³/mol. The van der Waals surface area contributed by atoms with Gasteiger partial charge in [0.05, 0.1) is 32.7 Å². The van der Waals surface area contributed by atoms with Gasteiger partial charge in [0.2, 0.25) is 0 Å². The number of carboxylic acid groups (broad SMARTS) is 1. The minimum Gasteiger partial charge on any atom is -0.485 e. The number of hydrogen-bond donors (Lipinski definition) is 2. The highest BCUT2D eigenvalue weighted by Gasteiger charge is 2.26. The standard InChI is InChI=1S/C33H30F2N4O4S.ClH/c1-18(29-28(19-8-11-21(34)12-9-19)38-32(44-29)31(40)36-2)43-23-13-14-24(25(35)17-23)30-37-26-16-20(33(41)42)10-15-27(26)39(30)22-6-4-3-5-7-22;/h8-18,22H,3-7H2,1-2H3,(H,36,40)(H,41,42);1H. The van der Waals surface area contributed by atoms with Gasteiger partial charge in [0.25, 0.3) is 5.91 Å². The van der Waals surface area contributed by atoms with Crippen molar-refractivity contribution in [1.29, 1.82) is 0 Å². The number of carbonyl (C=O) groups is 2. The topological polar surface area (TPSA) is 106 Å². The summed E-state index contributed by atoms with van der Waals surface area (Å²) in [6, 6.07) is 15.4. The van der Waals surface area contributed by atoms with Gasteiger partial charge in [0.15, 0.2) is 5.01 Å². The van der Waals surface area contributed by atoms with Crippen LogP contribution in [0.2, 0.25) is 0 Å². The Morgan fingerprint density at radius 1 is 1.02 bits per heavy atom. The van der Waals surface area contributed by atoms with Crippen molar-refractivity contribution in [3.8, 4) is 28.4 Å². The maximum absolute atomic E-state index is 15.9. The summed E-state index contributed by atoms with van der Waals surface area (Å²) >= 11 is 1.16. The van der Waals surface area contributed by atoms with Crippen molar-refractivity contribution in [2.45, 2.75) is 51.2 Å². The minimum atomic E-state index is -1.05. The zero-order valence-corrected chi connectivity index (χ0v) is 26.2. The Morgan fingerprint density at radius 3 is 2.42 bits per heavy atom. The molecule has 1 aliphatic rings. The third-order valence-electron chi connectivity index (χ3n) is 7.93. The first kappa shape index (κ1) is 32.1. The van der Waals surface area contributed by atoms with Gasteiger partial charge in [-0.1, -0.05) is 19.3 Å². The van der Waals surface area contributed by atoms with Gasteiger partial charge in [-0.2, -0.15) is 0 Å². The molecular weight excluding hydrogens is 622 g/mol. The number of carboxylic acids is 1. The molecule has 6 rings (SSSR count). The summed E-state index contributed by atoms with van der Waals surface area (Å²) in [4.78, 5) is 33.8. The molecule has 0 bridgehead atoms. The Hall–Kier alpha value is -4.35. The van der Waals surface area contributed by atoms with E-state index in [2.05, 4.69) is 10.3 Å². The summed E-state index contributed by atoms with van der Waals surface area (Å²) in [6.07, 6.45) is 4.52. The molecule has 1 aliphatic carbocycles. The highest BCUT2D eigenvalue weighted by atomic mass is 35.5. The number of imidazole rings is 1. The monoisotopic (exact) mass is 652 g/mol. The van der Waals surface area contributed by atoms with Crippen molar-refractivity contribution >= 4 is 46.7 Å². The van der Waals surface area contributed by atoms with E-state index in [1.54, 1.807) is 43.3 Å². The third-order valence-corrected chi connectivity index (χ3v) is 9.15. The quantitative estimate of drug-likeness (QED) is 0.175. The van der Waals surface area contributed by atoms with Gasteiger partial charge in [-0.25, -0.2) is 23.5 Å². The van der Waals surface area contributed by atoms with Crippen LogP contribution in [0, 0.1) is 11.6 Å². The molecule has 0 saturated heterocycles. The molecule has 1 atom stereocenters. The molecule has 0 spiro atoms. The molecule has 2 N–H and O–H groups in total. The third kappa shape index (κ3) is 6.41. The van der Waals surface area contributed by atoms with Crippen LogP contribution in [0.25, 0.3) is 33.7 Å². The van der Waals surface area contributed by atoms with Crippen LogP contribution in [-0.2, 0) is 0 Å². The highest BCUT2D eigenvalue weighted by Crippen LogP contribution is 2.39. The number of nitrogens with zero attached hydrogens (tertiary/aromatic N) is 3. The fourth-order valence-corrected chi connectivity index (χ4v) is 6.78. The van der Waals surface area contributed by atoms with E-state index in [0.717, 1.165) is 49.0 Å². The summed E-state index contributed by atoms with van der Waals surface area (Å²) in [7, 11) is 1.51. The van der Waals surface area contributed by atoms with Crippen molar-refractivity contribution in [2.75, 3.05) is 7.05 Å². The number of nitrogens with one attached hydrogen (secondary N) is 1. The van der Waals surface area contributed by atoms with E-state index in [4.69, 9.17) is 9.72 Å². The van der Waals surface area contributed by atoms with Crippen LogP contribution >= 0.6 is 23.7 Å². The number of aromatic nitrogens is 3. The van der Waals surface area contributed by atoms with Crippen molar-refractivity contribution in [3.63, 3.8) is 0 Å². The largest absolute Gasteiger partial charge is 0.485 e. The number of aromatic carboxylic acids is 1. The van der Waals surface area contributed by atoms with E-state index in [9.17, 15) is 19.1 Å². The molecule has 234 valence electrons. The normalized spacial score (nSPS) is 14.1. The van der Waals surface area contributed by atoms with Gasteiger partial charge in [0.1, 0.15) is 29.3 Å². The molecule has 2 aromatic heterocycles. The van der Waals surface area contributed by atoms with Crippen LogP contribution in [0.5, 0.6) is 5.75 Å². The lowest BCUT2D eigenvalue weighted by Gasteiger charge is -2.26. The lowest BCUT2D eigenvalue weighted by Crippen LogP contribution is -2.17. The Morgan fingerprint density at radius 2 is 1.76 bits per heavy atom. The average Bonchev–Trinajstić information content (AvgIpc) is 3.64. The second-order valence-electron chi connectivity index (χ2n) is 10.8. The molecule has 2 heterocycles. The van der Waals surface area contributed by atoms with Crippen molar-refractivity contribution < 1.29 is 28.2 Å². The van der Waals surface area contributed by atoms with Crippen LogP contribution in [0.1, 0.15) is 76.2 Å². The first-order valence-electron chi connectivity index (χ1n) is 14.4. The van der Waals surface area contributed by atoms with Crippen molar-refractivity contribution in [3.05, 3.63) is 87.7 Å². The number of rotatable bonds is 8. The van der Waals surface area contributed by atoms with E-state index in [0.29, 0.717) is 27.5 Å². The molecule has 3 aromatic carbocycles. The Kier molecular flexibility index (Phi) is 9.50. The fourth-order valence-electron chi connectivity index (χ4n) is 5.76. The molecule has 0 aliphatic heterocycles. The summed E-state index contributed by atoms with van der Waals surface area (Å²) in [6.45, 7) is 1.78. The molecular formula is C33H31ClF2N4O4S. The number of hydrogen-bond acceptors (Lipinski definition) is 6. The van der Waals surface area contributed by atoms with E-state index in [1.807, 2.05) is 4.57 Å². The van der Waals surface area contributed by atoms with Gasteiger partial charge >= 0.3 is 5.97 Å². The molecule has 1 saturated carbocycles. The SMILES string of the molecule is CNC(=O)c1nc(-c2ccc(F)cc2)c(C(C)Oc2ccc(-c3nc4cc(C(=O)O)ccc4n3C3CCCCC3)c(F)c2)s1.Cl. The summed E-state index contributed by atoms with van der Waals surface area (Å²) in [5.41, 5.74) is 2.80. The minimum absolute atomic E-state index is 0. The van der Waals surface area contributed by atoms with Crippen LogP contribution < -0.4 is 10.1 Å². The number of fused-ring (bicyclic) bond motifs is 1. The summed E-state index contributed by atoms with van der Waals surface area (Å²) in [5.74, 6) is -1.61. The number of halogens is 3. The highest BCUT2D eigenvalue weighted by molar-refractivity contribution is 7.14. The Bertz CT molecular complexity index is 1870. The molecule has 0 radical (unpaired) electrons. The summed E-state index contributed by atoms with van der Waals surface area (Å²) < 4.78 is 37.7. The number of ether oxygens (including phenoxy) is 1. The number of benzene rings is 3. The van der Waals surface area contributed by atoms with Gasteiger partial charge in [0, 0.05) is 24.7 Å². The average molecular weight is 653 g/mol. The Balaban J connectivity index is 0.00000400. The zero-order chi connectivity index (χ0) is 31.0. The van der Waals surface area contributed by atoms with Gasteiger partial charge in [-0.05, 0) is 74.4 Å². The lowest BCUT2D eigenvalue weighted by atomic mass is 9.94. The second-order valence-corrected chi connectivity index (χ2v) is 11.9. The number of amides is 1. The number of carbonyl (C=O) groups excluding carboxylic acids is 1. The molecule has 1 unspecified atom stereocenters. The van der Waals surface area contributed by atoms with E-state index in [-0.39, 0.29) is 46.2 Å². The van der Waals surface area contributed by atoms with E-state index >= 15 is 4.39 Å². The molecule has 8 nitrogen and oxygen atoms in total. The number of thiazole rings is 1. The van der Waals surface area contributed by atoms with E-state index in [1.165, 1.54) is 31.3 Å². The molecule has 12 heteroatoms. The van der Waals surface area contributed by atoms with E-state index < -0.39 is 23.7 Å². The van der Waals surface area contributed by atoms with Gasteiger partial charge in [-0.3, -0.25) is 4.79 Å². The molecule has 5 aromatic rings. The van der Waals surface area contributed by atoms with Gasteiger partial charge < -0.3 is 19.7 Å². The smallest absolute Gasteiger partial charge is 0.335 e. The van der Waals surface area contributed by atoms with Crippen LogP contribution in [0.15, 0.2) is 60.7 Å². The van der Waals surface area contributed by atoms with Crippen LogP contribution in [-0.4, -0.2) is 38.6 Å². The zero-order valence-electron chi connectivity index (χ0n) is 24.5. The maximum Gasteiger partial charge on any atom is 0.335 e. The van der Waals surface area contributed by atoms with Gasteiger partial charge in [-0.15, -0.1) is 23.7 Å². The van der Waals surface area contributed by atoms with Crippen molar-refractivity contribution in [2.24, 2.45) is 0 Å². The van der Waals surface area contributed by atoms with Crippen LogP contribution in [0.3, 0.4) is 0 Å². The van der Waals surface area contributed by atoms with Crippen LogP contribution in [0.4, 0.5) is 8.78 Å². The molecule has 1 amide bonds.